The second-order valence-electron chi connectivity index (χ2n) is 8.44. The average molecular weight is 402 g/mol. The molecule has 2 aliphatic rings. The van der Waals surface area contributed by atoms with E-state index in [9.17, 15) is 9.59 Å². The van der Waals surface area contributed by atoms with Crippen molar-refractivity contribution in [3.8, 4) is 5.75 Å². The molecule has 0 aromatic heterocycles. The number of amides is 2. The van der Waals surface area contributed by atoms with E-state index in [-0.39, 0.29) is 5.91 Å². The molecule has 6 nitrogen and oxygen atoms in total. The fourth-order valence-corrected chi connectivity index (χ4v) is 4.35. The molecule has 0 N–H and O–H groups in total. The maximum Gasteiger partial charge on any atom is 0.236 e. The van der Waals surface area contributed by atoms with Crippen molar-refractivity contribution in [2.75, 3.05) is 46.9 Å². The lowest BCUT2D eigenvalue weighted by Crippen LogP contribution is -2.51. The van der Waals surface area contributed by atoms with E-state index >= 15 is 0 Å². The molecule has 1 saturated heterocycles. The topological polar surface area (TPSA) is 53.1 Å². The molecule has 0 spiro atoms. The van der Waals surface area contributed by atoms with Gasteiger partial charge in [-0.05, 0) is 30.0 Å². The molecule has 1 saturated carbocycles. The van der Waals surface area contributed by atoms with Crippen LogP contribution in [0, 0.1) is 5.92 Å². The van der Waals surface area contributed by atoms with Crippen LogP contribution in [0.5, 0.6) is 5.75 Å². The van der Waals surface area contributed by atoms with Gasteiger partial charge in [-0.1, -0.05) is 37.8 Å². The van der Waals surface area contributed by atoms with E-state index in [1.165, 1.54) is 25.7 Å². The van der Waals surface area contributed by atoms with Crippen molar-refractivity contribution in [1.29, 1.82) is 0 Å². The summed E-state index contributed by atoms with van der Waals surface area (Å²) in [6.07, 6.45) is 7.00. The zero-order valence-corrected chi connectivity index (χ0v) is 17.9. The van der Waals surface area contributed by atoms with E-state index in [2.05, 4.69) is 4.90 Å². The maximum atomic E-state index is 12.6. The van der Waals surface area contributed by atoms with Gasteiger partial charge in [-0.3, -0.25) is 14.5 Å². The third kappa shape index (κ3) is 6.46. The highest BCUT2D eigenvalue weighted by Gasteiger charge is 2.24. The van der Waals surface area contributed by atoms with Crippen LogP contribution in [0.3, 0.4) is 0 Å². The van der Waals surface area contributed by atoms with Crippen LogP contribution in [-0.2, 0) is 16.1 Å². The number of methoxy groups -OCH3 is 1. The molecule has 1 aliphatic heterocycles. The monoisotopic (exact) mass is 401 g/mol. The lowest BCUT2D eigenvalue weighted by Gasteiger charge is -2.35. The molecule has 1 heterocycles. The summed E-state index contributed by atoms with van der Waals surface area (Å²) in [6, 6.07) is 7.80. The van der Waals surface area contributed by atoms with Crippen LogP contribution in [0.2, 0.25) is 0 Å². The third-order valence-electron chi connectivity index (χ3n) is 6.33. The summed E-state index contributed by atoms with van der Waals surface area (Å²) in [4.78, 5) is 31.0. The molecule has 3 rings (SSSR count). The Labute approximate surface area is 174 Å². The molecular weight excluding hydrogens is 366 g/mol. The van der Waals surface area contributed by atoms with Crippen LogP contribution in [0.25, 0.3) is 0 Å². The first-order valence-corrected chi connectivity index (χ1v) is 10.9. The molecule has 0 unspecified atom stereocenters. The fraction of sp³-hybridized carbons (Fsp3) is 0.652. The predicted octanol–water partition coefficient (Wildman–Crippen LogP) is 2.77. The Kier molecular flexibility index (Phi) is 7.92. The lowest BCUT2D eigenvalue weighted by molar-refractivity contribution is -0.135. The predicted molar refractivity (Wildman–Crippen MR) is 114 cm³/mol. The van der Waals surface area contributed by atoms with Gasteiger partial charge in [-0.15, -0.1) is 0 Å². The summed E-state index contributed by atoms with van der Waals surface area (Å²) < 4.78 is 5.17. The number of likely N-dealkylation sites (N-methyl/N-ethyl adjacent to an activating group) is 1. The number of carbonyl (C=O) groups excluding carboxylic acids is 2. The molecule has 0 atom stereocenters. The summed E-state index contributed by atoms with van der Waals surface area (Å²) >= 11 is 0. The van der Waals surface area contributed by atoms with E-state index in [4.69, 9.17) is 4.74 Å². The Morgan fingerprint density at radius 1 is 1.07 bits per heavy atom. The Hall–Kier alpha value is -2.08. The normalized spacial score (nSPS) is 18.1. The summed E-state index contributed by atoms with van der Waals surface area (Å²) in [5.74, 6) is 1.99. The quantitative estimate of drug-likeness (QED) is 0.672. The maximum absolute atomic E-state index is 12.6. The second kappa shape index (κ2) is 10.6. The third-order valence-corrected chi connectivity index (χ3v) is 6.33. The van der Waals surface area contributed by atoms with E-state index in [0.717, 1.165) is 49.8 Å². The summed E-state index contributed by atoms with van der Waals surface area (Å²) in [6.45, 7) is 4.02. The van der Waals surface area contributed by atoms with Crippen LogP contribution in [0.4, 0.5) is 0 Å². The number of hydrogen-bond donors (Lipinski definition) is 0. The van der Waals surface area contributed by atoms with Gasteiger partial charge in [-0.25, -0.2) is 0 Å². The van der Waals surface area contributed by atoms with Crippen molar-refractivity contribution in [2.24, 2.45) is 5.92 Å². The summed E-state index contributed by atoms with van der Waals surface area (Å²) in [5, 5.41) is 0. The highest BCUT2D eigenvalue weighted by atomic mass is 16.5. The van der Waals surface area contributed by atoms with Gasteiger partial charge in [0.15, 0.2) is 0 Å². The van der Waals surface area contributed by atoms with Crippen molar-refractivity contribution in [2.45, 2.75) is 45.1 Å². The van der Waals surface area contributed by atoms with E-state index in [0.29, 0.717) is 25.4 Å². The van der Waals surface area contributed by atoms with E-state index in [1.807, 2.05) is 36.2 Å². The van der Waals surface area contributed by atoms with Crippen LogP contribution in [0.1, 0.15) is 44.1 Å². The number of benzene rings is 1. The van der Waals surface area contributed by atoms with E-state index < -0.39 is 0 Å². The fourth-order valence-electron chi connectivity index (χ4n) is 4.35. The Morgan fingerprint density at radius 3 is 2.34 bits per heavy atom. The van der Waals surface area contributed by atoms with Gasteiger partial charge in [0.1, 0.15) is 5.75 Å². The number of hydrogen-bond acceptors (Lipinski definition) is 4. The molecule has 29 heavy (non-hydrogen) atoms. The minimum atomic E-state index is 0.113. The van der Waals surface area contributed by atoms with Crippen molar-refractivity contribution in [3.05, 3.63) is 29.8 Å². The lowest BCUT2D eigenvalue weighted by atomic mass is 10.0. The van der Waals surface area contributed by atoms with Gasteiger partial charge in [0.25, 0.3) is 0 Å². The van der Waals surface area contributed by atoms with Crippen molar-refractivity contribution in [1.82, 2.24) is 14.7 Å². The minimum absolute atomic E-state index is 0.113. The number of nitrogens with zero attached hydrogens (tertiary/aromatic N) is 3. The van der Waals surface area contributed by atoms with Crippen molar-refractivity contribution in [3.63, 3.8) is 0 Å². The summed E-state index contributed by atoms with van der Waals surface area (Å²) in [7, 11) is 3.49. The molecular formula is C23H35N3O3. The molecule has 160 valence electrons. The van der Waals surface area contributed by atoms with E-state index in [1.54, 1.807) is 12.0 Å². The zero-order valence-electron chi connectivity index (χ0n) is 17.9. The van der Waals surface area contributed by atoms with Gasteiger partial charge in [0.2, 0.25) is 11.8 Å². The SMILES string of the molecule is COc1ccc(CN(C)C(=O)CN2CCN(C(=O)CCC3CCCC3)CC2)cc1. The van der Waals surface area contributed by atoms with Crippen LogP contribution in [-0.4, -0.2) is 73.4 Å². The van der Waals surface area contributed by atoms with Gasteiger partial charge >= 0.3 is 0 Å². The van der Waals surface area contributed by atoms with Gasteiger partial charge in [-0.2, -0.15) is 0 Å². The molecule has 6 heteroatoms. The first-order chi connectivity index (χ1) is 14.0. The molecule has 1 aromatic rings. The number of ether oxygens (including phenoxy) is 1. The second-order valence-corrected chi connectivity index (χ2v) is 8.44. The minimum Gasteiger partial charge on any atom is -0.497 e. The first kappa shape index (κ1) is 21.6. The highest BCUT2D eigenvalue weighted by molar-refractivity contribution is 5.78. The standard InChI is InChI=1S/C23H35N3O3/c1-24(17-20-7-10-21(29-2)11-8-20)23(28)18-25-13-15-26(16-14-25)22(27)12-9-19-5-3-4-6-19/h7-8,10-11,19H,3-6,9,12-18H2,1-2H3. The van der Waals surface area contributed by atoms with Crippen molar-refractivity contribution < 1.29 is 14.3 Å². The van der Waals surface area contributed by atoms with Crippen molar-refractivity contribution >= 4 is 11.8 Å². The number of rotatable bonds is 8. The average Bonchev–Trinajstić information content (AvgIpc) is 3.26. The van der Waals surface area contributed by atoms with Gasteiger partial charge < -0.3 is 14.5 Å². The smallest absolute Gasteiger partial charge is 0.236 e. The Balaban J connectivity index is 1.36. The van der Waals surface area contributed by atoms with Crippen LogP contribution >= 0.6 is 0 Å². The first-order valence-electron chi connectivity index (χ1n) is 10.9. The molecule has 0 radical (unpaired) electrons. The van der Waals surface area contributed by atoms with Gasteiger partial charge in [0, 0.05) is 46.2 Å². The van der Waals surface area contributed by atoms with Crippen LogP contribution in [0.15, 0.2) is 24.3 Å². The number of piperazine rings is 1. The summed E-state index contributed by atoms with van der Waals surface area (Å²) in [5.41, 5.74) is 1.08. The molecule has 2 fully saturated rings. The molecule has 1 aromatic carbocycles. The highest BCUT2D eigenvalue weighted by Crippen LogP contribution is 2.28. The zero-order chi connectivity index (χ0) is 20.6. The molecule has 2 amide bonds. The number of carbonyl (C=O) groups is 2. The Bertz CT molecular complexity index is 662. The van der Waals surface area contributed by atoms with Crippen LogP contribution < -0.4 is 4.74 Å². The Morgan fingerprint density at radius 2 is 1.72 bits per heavy atom. The molecule has 0 bridgehead atoms. The van der Waals surface area contributed by atoms with Gasteiger partial charge in [0.05, 0.1) is 13.7 Å². The molecule has 1 aliphatic carbocycles. The largest absolute Gasteiger partial charge is 0.497 e.